The van der Waals surface area contributed by atoms with Gasteiger partial charge in [-0.15, -0.1) is 0 Å². The molecule has 33 heavy (non-hydrogen) atoms. The summed E-state index contributed by atoms with van der Waals surface area (Å²) in [5, 5.41) is 4.97. The number of halogens is 1. The van der Waals surface area contributed by atoms with E-state index in [1.54, 1.807) is 6.07 Å². The predicted octanol–water partition coefficient (Wildman–Crippen LogP) is 3.55. The molecule has 1 atom stereocenters. The van der Waals surface area contributed by atoms with Crippen molar-refractivity contribution in [2.75, 3.05) is 13.1 Å². The zero-order valence-electron chi connectivity index (χ0n) is 18.3. The van der Waals surface area contributed by atoms with E-state index in [0.29, 0.717) is 0 Å². The van der Waals surface area contributed by atoms with Gasteiger partial charge in [-0.05, 0) is 36.4 Å². The normalized spacial score (nSPS) is 15.6. The number of aryl methyl sites for hydroxylation is 1. The van der Waals surface area contributed by atoms with Crippen LogP contribution in [0.2, 0.25) is 0 Å². The number of carbonyl (C=O) groups excluding carboxylic acids is 4. The Morgan fingerprint density at radius 3 is 2.48 bits per heavy atom. The lowest BCUT2D eigenvalue weighted by Gasteiger charge is -2.19. The van der Waals surface area contributed by atoms with Crippen molar-refractivity contribution >= 4 is 40.8 Å². The lowest BCUT2D eigenvalue weighted by atomic mass is 10.0. The van der Waals surface area contributed by atoms with Gasteiger partial charge < -0.3 is 10.6 Å². The number of carbonyl (C=O) groups is 4. The quantitative estimate of drug-likeness (QED) is 0.577. The van der Waals surface area contributed by atoms with Crippen molar-refractivity contribution in [2.45, 2.75) is 26.3 Å². The molecule has 0 aliphatic carbocycles. The van der Waals surface area contributed by atoms with Crippen LogP contribution in [0.5, 0.6) is 0 Å². The number of nitrogens with one attached hydrogen (secondary N) is 2. The first kappa shape index (κ1) is 24.2. The van der Waals surface area contributed by atoms with Gasteiger partial charge in [0.15, 0.2) is 0 Å². The van der Waals surface area contributed by atoms with Crippen LogP contribution in [-0.4, -0.2) is 41.0 Å². The van der Waals surface area contributed by atoms with Crippen LogP contribution in [-0.2, 0) is 14.4 Å². The molecule has 2 aromatic carbocycles. The standard InChI is InChI=1S/C24H24FN3O4S/c1-15-7-9-17(10-8-15)20(27-16(2)29)14-22(30)26-11-12-28-23(31)21(33-24(28)32)13-18-5-3-4-6-19(18)25/h3-10,13,20H,11-12,14H2,1-2H3,(H,26,30)(H,27,29)/b21-13-. The SMILES string of the molecule is CC(=O)NC(CC(=O)NCCN1C(=O)S/C(=C\c2ccccc2F)C1=O)c1ccc(C)cc1. The Labute approximate surface area is 195 Å². The van der Waals surface area contributed by atoms with Gasteiger partial charge in [0.05, 0.1) is 17.4 Å². The fraction of sp³-hybridized carbons (Fsp3) is 0.250. The molecule has 1 heterocycles. The molecular weight excluding hydrogens is 445 g/mol. The Hall–Kier alpha value is -3.46. The van der Waals surface area contributed by atoms with Crippen LogP contribution in [0, 0.1) is 12.7 Å². The molecule has 2 aromatic rings. The molecule has 172 valence electrons. The van der Waals surface area contributed by atoms with Crippen LogP contribution < -0.4 is 10.6 Å². The molecule has 0 aromatic heterocycles. The summed E-state index contributed by atoms with van der Waals surface area (Å²) in [6, 6.07) is 13.0. The number of nitrogens with zero attached hydrogens (tertiary/aromatic N) is 1. The minimum atomic E-state index is -0.529. The summed E-state index contributed by atoms with van der Waals surface area (Å²) < 4.78 is 13.8. The average molecular weight is 470 g/mol. The first-order valence-electron chi connectivity index (χ1n) is 10.3. The van der Waals surface area contributed by atoms with Crippen molar-refractivity contribution in [1.82, 2.24) is 15.5 Å². The first-order valence-corrected chi connectivity index (χ1v) is 11.2. The highest BCUT2D eigenvalue weighted by Gasteiger charge is 2.34. The van der Waals surface area contributed by atoms with E-state index in [9.17, 15) is 23.6 Å². The second-order valence-corrected chi connectivity index (χ2v) is 8.57. The summed E-state index contributed by atoms with van der Waals surface area (Å²) in [7, 11) is 0. The zero-order chi connectivity index (χ0) is 24.0. The van der Waals surface area contributed by atoms with Crippen molar-refractivity contribution in [2.24, 2.45) is 0 Å². The third-order valence-electron chi connectivity index (χ3n) is 4.97. The largest absolute Gasteiger partial charge is 0.354 e. The van der Waals surface area contributed by atoms with Crippen molar-refractivity contribution in [3.05, 3.63) is 75.9 Å². The van der Waals surface area contributed by atoms with E-state index in [1.165, 1.54) is 31.2 Å². The van der Waals surface area contributed by atoms with Gasteiger partial charge in [-0.3, -0.25) is 24.1 Å². The van der Waals surface area contributed by atoms with Crippen LogP contribution in [0.1, 0.15) is 36.1 Å². The van der Waals surface area contributed by atoms with E-state index in [1.807, 2.05) is 31.2 Å². The minimum absolute atomic E-state index is 0.0116. The highest BCUT2D eigenvalue weighted by Crippen LogP contribution is 2.32. The average Bonchev–Trinajstić information content (AvgIpc) is 3.02. The molecule has 1 saturated heterocycles. The van der Waals surface area contributed by atoms with Gasteiger partial charge in [0.25, 0.3) is 11.1 Å². The summed E-state index contributed by atoms with van der Waals surface area (Å²) in [5.41, 5.74) is 2.08. The monoisotopic (exact) mass is 469 g/mol. The topological polar surface area (TPSA) is 95.6 Å². The zero-order valence-corrected chi connectivity index (χ0v) is 19.1. The lowest BCUT2D eigenvalue weighted by Crippen LogP contribution is -2.38. The van der Waals surface area contributed by atoms with E-state index < -0.39 is 23.0 Å². The summed E-state index contributed by atoms with van der Waals surface area (Å²) in [4.78, 5) is 49.9. The summed E-state index contributed by atoms with van der Waals surface area (Å²) >= 11 is 0.732. The molecule has 2 N–H and O–H groups in total. The van der Waals surface area contributed by atoms with Gasteiger partial charge in [-0.2, -0.15) is 0 Å². The molecule has 1 unspecified atom stereocenters. The Kier molecular flexibility index (Phi) is 8.00. The highest BCUT2D eigenvalue weighted by atomic mass is 32.2. The van der Waals surface area contributed by atoms with Crippen molar-refractivity contribution in [1.29, 1.82) is 0 Å². The number of hydrogen-bond donors (Lipinski definition) is 2. The summed E-state index contributed by atoms with van der Waals surface area (Å²) in [6.45, 7) is 3.37. The van der Waals surface area contributed by atoms with Gasteiger partial charge in [0, 0.05) is 25.6 Å². The Morgan fingerprint density at radius 1 is 1.12 bits per heavy atom. The number of thioether (sulfide) groups is 1. The summed E-state index contributed by atoms with van der Waals surface area (Å²) in [5.74, 6) is -1.60. The van der Waals surface area contributed by atoms with E-state index in [2.05, 4.69) is 10.6 Å². The number of hydrogen-bond acceptors (Lipinski definition) is 5. The predicted molar refractivity (Wildman–Crippen MR) is 124 cm³/mol. The van der Waals surface area contributed by atoms with Crippen LogP contribution in [0.4, 0.5) is 9.18 Å². The molecule has 0 radical (unpaired) electrons. The van der Waals surface area contributed by atoms with Crippen LogP contribution in [0.25, 0.3) is 6.08 Å². The molecule has 9 heteroatoms. The maximum Gasteiger partial charge on any atom is 0.293 e. The number of benzene rings is 2. The Balaban J connectivity index is 1.56. The van der Waals surface area contributed by atoms with Gasteiger partial charge >= 0.3 is 0 Å². The maximum atomic E-state index is 13.8. The van der Waals surface area contributed by atoms with E-state index in [4.69, 9.17) is 0 Å². The number of amides is 4. The van der Waals surface area contributed by atoms with Crippen LogP contribution in [0.15, 0.2) is 53.4 Å². The molecule has 1 aliphatic rings. The van der Waals surface area contributed by atoms with Crippen molar-refractivity contribution < 1.29 is 23.6 Å². The lowest BCUT2D eigenvalue weighted by molar-refractivity contribution is -0.125. The second kappa shape index (κ2) is 10.9. The molecule has 0 spiro atoms. The van der Waals surface area contributed by atoms with E-state index in [0.717, 1.165) is 27.8 Å². The maximum absolute atomic E-state index is 13.8. The molecule has 0 saturated carbocycles. The molecular formula is C24H24FN3O4S. The molecule has 3 rings (SSSR count). The molecule has 0 bridgehead atoms. The second-order valence-electron chi connectivity index (χ2n) is 7.57. The van der Waals surface area contributed by atoms with Gasteiger partial charge in [0.1, 0.15) is 5.82 Å². The fourth-order valence-corrected chi connectivity index (χ4v) is 4.14. The smallest absolute Gasteiger partial charge is 0.293 e. The molecule has 4 amide bonds. The molecule has 7 nitrogen and oxygen atoms in total. The van der Waals surface area contributed by atoms with Crippen LogP contribution >= 0.6 is 11.8 Å². The molecule has 1 fully saturated rings. The van der Waals surface area contributed by atoms with E-state index >= 15 is 0 Å². The van der Waals surface area contributed by atoms with Gasteiger partial charge in [-0.25, -0.2) is 4.39 Å². The van der Waals surface area contributed by atoms with Crippen LogP contribution in [0.3, 0.4) is 0 Å². The Bertz CT molecular complexity index is 1100. The minimum Gasteiger partial charge on any atom is -0.354 e. The third kappa shape index (κ3) is 6.52. The number of imide groups is 1. The molecule has 1 aliphatic heterocycles. The highest BCUT2D eigenvalue weighted by molar-refractivity contribution is 8.18. The van der Waals surface area contributed by atoms with Gasteiger partial charge in [-0.1, -0.05) is 48.0 Å². The van der Waals surface area contributed by atoms with Crippen molar-refractivity contribution in [3.63, 3.8) is 0 Å². The first-order chi connectivity index (χ1) is 15.7. The Morgan fingerprint density at radius 2 is 1.82 bits per heavy atom. The third-order valence-corrected chi connectivity index (χ3v) is 5.88. The number of rotatable bonds is 8. The van der Waals surface area contributed by atoms with Crippen molar-refractivity contribution in [3.8, 4) is 0 Å². The summed E-state index contributed by atoms with van der Waals surface area (Å²) in [6.07, 6.45) is 1.36. The van der Waals surface area contributed by atoms with E-state index in [-0.39, 0.29) is 41.8 Å². The fourth-order valence-electron chi connectivity index (χ4n) is 3.29. The van der Waals surface area contributed by atoms with Gasteiger partial charge in [0.2, 0.25) is 11.8 Å².